The Labute approximate surface area is 146 Å². The molecular weight excluding hydrogens is 316 g/mol. The molecule has 1 aromatic carbocycles. The second-order valence-electron chi connectivity index (χ2n) is 5.95. The van der Waals surface area contributed by atoms with Crippen LogP contribution in [0.3, 0.4) is 0 Å². The molecule has 25 heavy (non-hydrogen) atoms. The van der Waals surface area contributed by atoms with Crippen molar-refractivity contribution in [2.75, 3.05) is 7.11 Å². The van der Waals surface area contributed by atoms with E-state index in [2.05, 4.69) is 9.72 Å². The molecule has 0 aliphatic carbocycles. The molecule has 0 aliphatic heterocycles. The number of rotatable bonds is 6. The molecule has 0 atom stereocenters. The summed E-state index contributed by atoms with van der Waals surface area (Å²) in [5, 5.41) is 0.923. The van der Waals surface area contributed by atoms with Gasteiger partial charge in [-0.15, -0.1) is 0 Å². The van der Waals surface area contributed by atoms with E-state index in [1.54, 1.807) is 12.4 Å². The van der Waals surface area contributed by atoms with Crippen LogP contribution in [0.5, 0.6) is 0 Å². The molecule has 0 saturated carbocycles. The van der Waals surface area contributed by atoms with Gasteiger partial charge in [0.15, 0.2) is 5.78 Å². The molecule has 3 aromatic rings. The lowest BCUT2D eigenvalue weighted by atomic mass is 10.0. The van der Waals surface area contributed by atoms with Crippen LogP contribution in [0.25, 0.3) is 16.6 Å². The zero-order valence-electron chi connectivity index (χ0n) is 14.4. The molecule has 3 rings (SSSR count). The average molecular weight is 336 g/mol. The Kier molecular flexibility index (Phi) is 4.93. The van der Waals surface area contributed by atoms with Crippen molar-refractivity contribution < 1.29 is 14.3 Å². The van der Waals surface area contributed by atoms with Crippen LogP contribution in [0.1, 0.15) is 35.2 Å². The minimum Gasteiger partial charge on any atom is -0.469 e. The van der Waals surface area contributed by atoms with E-state index in [9.17, 15) is 9.59 Å². The van der Waals surface area contributed by atoms with Gasteiger partial charge in [0.25, 0.3) is 0 Å². The lowest BCUT2D eigenvalue weighted by Gasteiger charge is -2.06. The SMILES string of the molecule is COC(=O)CCCC(=O)c1cn(-c2cccnc2)c2c(C)cccc12. The second kappa shape index (κ2) is 7.30. The molecule has 0 fully saturated rings. The zero-order valence-corrected chi connectivity index (χ0v) is 14.4. The Morgan fingerprint density at radius 2 is 2.00 bits per heavy atom. The lowest BCUT2D eigenvalue weighted by Crippen LogP contribution is -2.03. The first kappa shape index (κ1) is 16.9. The Morgan fingerprint density at radius 1 is 1.16 bits per heavy atom. The number of esters is 1. The molecule has 0 N–H and O–H groups in total. The molecule has 2 heterocycles. The van der Waals surface area contributed by atoms with Gasteiger partial charge < -0.3 is 9.30 Å². The maximum absolute atomic E-state index is 12.7. The number of Topliss-reactive ketones (excluding diaryl/α,β-unsaturated/α-hetero) is 1. The number of ketones is 1. The van der Waals surface area contributed by atoms with Crippen molar-refractivity contribution in [1.82, 2.24) is 9.55 Å². The molecule has 2 aromatic heterocycles. The maximum atomic E-state index is 12.7. The van der Waals surface area contributed by atoms with Crippen LogP contribution in [-0.4, -0.2) is 28.4 Å². The van der Waals surface area contributed by atoms with E-state index in [1.807, 2.05) is 48.0 Å². The van der Waals surface area contributed by atoms with Gasteiger partial charge >= 0.3 is 5.97 Å². The molecular formula is C20H20N2O3. The number of hydrogen-bond donors (Lipinski definition) is 0. The summed E-state index contributed by atoms with van der Waals surface area (Å²) in [5.41, 5.74) is 3.68. The fourth-order valence-corrected chi connectivity index (χ4v) is 3.01. The van der Waals surface area contributed by atoms with Gasteiger partial charge in [-0.05, 0) is 31.0 Å². The molecule has 0 saturated heterocycles. The number of aryl methyl sites for hydroxylation is 1. The Balaban J connectivity index is 1.98. The standard InChI is InChI=1S/C20H20N2O3/c1-14-6-3-8-16-17(18(23)9-4-10-19(24)25-2)13-22(20(14)16)15-7-5-11-21-12-15/h3,5-8,11-13H,4,9-10H2,1-2H3. The van der Waals surface area contributed by atoms with Crippen LogP contribution in [0, 0.1) is 6.92 Å². The summed E-state index contributed by atoms with van der Waals surface area (Å²) in [5.74, 6) is -0.261. The number of para-hydroxylation sites is 1. The number of benzene rings is 1. The summed E-state index contributed by atoms with van der Waals surface area (Å²) >= 11 is 0. The largest absolute Gasteiger partial charge is 0.469 e. The first-order chi connectivity index (χ1) is 12.1. The highest BCUT2D eigenvalue weighted by atomic mass is 16.5. The minimum atomic E-state index is -0.290. The number of pyridine rings is 1. The molecule has 5 heteroatoms. The van der Waals surface area contributed by atoms with Crippen LogP contribution in [0.4, 0.5) is 0 Å². The molecule has 0 bridgehead atoms. The minimum absolute atomic E-state index is 0.0298. The molecule has 128 valence electrons. The van der Waals surface area contributed by atoms with Gasteiger partial charge in [-0.25, -0.2) is 0 Å². The van der Waals surface area contributed by atoms with E-state index in [-0.39, 0.29) is 18.2 Å². The summed E-state index contributed by atoms with van der Waals surface area (Å²) < 4.78 is 6.63. The van der Waals surface area contributed by atoms with Crippen molar-refractivity contribution in [2.24, 2.45) is 0 Å². The van der Waals surface area contributed by atoms with Crippen LogP contribution in [0.2, 0.25) is 0 Å². The van der Waals surface area contributed by atoms with Crippen LogP contribution in [-0.2, 0) is 9.53 Å². The number of ether oxygens (including phenoxy) is 1. The van der Waals surface area contributed by atoms with E-state index in [0.29, 0.717) is 18.4 Å². The highest BCUT2D eigenvalue weighted by Crippen LogP contribution is 2.28. The lowest BCUT2D eigenvalue weighted by molar-refractivity contribution is -0.140. The smallest absolute Gasteiger partial charge is 0.305 e. The van der Waals surface area contributed by atoms with E-state index in [1.165, 1.54) is 7.11 Å². The maximum Gasteiger partial charge on any atom is 0.305 e. The molecule has 0 radical (unpaired) electrons. The molecule has 5 nitrogen and oxygen atoms in total. The monoisotopic (exact) mass is 336 g/mol. The van der Waals surface area contributed by atoms with E-state index >= 15 is 0 Å². The predicted octanol–water partition coefficient (Wildman–Crippen LogP) is 3.86. The Hall–Kier alpha value is -2.95. The van der Waals surface area contributed by atoms with Gasteiger partial charge in [-0.2, -0.15) is 0 Å². The number of carbonyl (C=O) groups excluding carboxylic acids is 2. The number of carbonyl (C=O) groups is 2. The van der Waals surface area contributed by atoms with Crippen molar-refractivity contribution >= 4 is 22.7 Å². The summed E-state index contributed by atoms with van der Waals surface area (Å²) in [4.78, 5) is 28.1. The Bertz CT molecular complexity index is 913. The summed E-state index contributed by atoms with van der Waals surface area (Å²) in [7, 11) is 1.36. The topological polar surface area (TPSA) is 61.2 Å². The predicted molar refractivity (Wildman–Crippen MR) is 96.0 cm³/mol. The third-order valence-electron chi connectivity index (χ3n) is 4.26. The van der Waals surface area contributed by atoms with Crippen molar-refractivity contribution in [3.05, 3.63) is 60.0 Å². The van der Waals surface area contributed by atoms with Gasteiger partial charge in [-0.3, -0.25) is 14.6 Å². The average Bonchev–Trinajstić information content (AvgIpc) is 3.03. The number of fused-ring (bicyclic) bond motifs is 1. The van der Waals surface area contributed by atoms with Crippen molar-refractivity contribution in [2.45, 2.75) is 26.2 Å². The first-order valence-corrected chi connectivity index (χ1v) is 8.23. The third-order valence-corrected chi connectivity index (χ3v) is 4.26. The molecule has 0 amide bonds. The number of nitrogens with zero attached hydrogens (tertiary/aromatic N) is 2. The summed E-state index contributed by atoms with van der Waals surface area (Å²) in [6.45, 7) is 2.03. The van der Waals surface area contributed by atoms with Crippen molar-refractivity contribution in [1.29, 1.82) is 0 Å². The Morgan fingerprint density at radius 3 is 2.72 bits per heavy atom. The van der Waals surface area contributed by atoms with Crippen LogP contribution < -0.4 is 0 Å². The quantitative estimate of drug-likeness (QED) is 0.506. The third kappa shape index (κ3) is 3.45. The molecule has 0 aliphatic rings. The fourth-order valence-electron chi connectivity index (χ4n) is 3.01. The van der Waals surface area contributed by atoms with Crippen molar-refractivity contribution in [3.8, 4) is 5.69 Å². The van der Waals surface area contributed by atoms with Gasteiger partial charge in [-0.1, -0.05) is 18.2 Å². The summed E-state index contributed by atoms with van der Waals surface area (Å²) in [6.07, 6.45) is 6.42. The van der Waals surface area contributed by atoms with Crippen LogP contribution >= 0.6 is 0 Å². The molecule has 0 unspecified atom stereocenters. The van der Waals surface area contributed by atoms with E-state index in [4.69, 9.17) is 0 Å². The zero-order chi connectivity index (χ0) is 17.8. The van der Waals surface area contributed by atoms with Gasteiger partial charge in [0, 0.05) is 36.2 Å². The van der Waals surface area contributed by atoms with Gasteiger partial charge in [0.05, 0.1) is 24.5 Å². The highest BCUT2D eigenvalue weighted by molar-refractivity contribution is 6.09. The normalized spacial score (nSPS) is 10.8. The van der Waals surface area contributed by atoms with Crippen LogP contribution in [0.15, 0.2) is 48.9 Å². The number of aromatic nitrogens is 2. The van der Waals surface area contributed by atoms with E-state index in [0.717, 1.165) is 22.2 Å². The summed E-state index contributed by atoms with van der Waals surface area (Å²) in [6, 6.07) is 9.78. The fraction of sp³-hybridized carbons (Fsp3) is 0.250. The second-order valence-corrected chi connectivity index (χ2v) is 5.95. The number of hydrogen-bond acceptors (Lipinski definition) is 4. The first-order valence-electron chi connectivity index (χ1n) is 8.23. The number of methoxy groups -OCH3 is 1. The molecule has 0 spiro atoms. The van der Waals surface area contributed by atoms with Gasteiger partial charge in [0.1, 0.15) is 0 Å². The van der Waals surface area contributed by atoms with Gasteiger partial charge in [0.2, 0.25) is 0 Å². The highest BCUT2D eigenvalue weighted by Gasteiger charge is 2.17. The van der Waals surface area contributed by atoms with E-state index < -0.39 is 0 Å². The van der Waals surface area contributed by atoms with Crippen molar-refractivity contribution in [3.63, 3.8) is 0 Å².